The van der Waals surface area contributed by atoms with Gasteiger partial charge in [-0.1, -0.05) is 36.3 Å². The Bertz CT molecular complexity index is 749. The Morgan fingerprint density at radius 1 is 1.10 bits per heavy atom. The maximum absolute atomic E-state index is 12.8. The molecule has 0 aromatic heterocycles. The third-order valence-electron chi connectivity index (χ3n) is 2.92. The number of rotatable bonds is 5. The van der Waals surface area contributed by atoms with Crippen LogP contribution in [0.2, 0.25) is 0 Å². The topological polar surface area (TPSA) is 46.6 Å². The molecular formula is C16H15NO3S. The highest BCUT2D eigenvalue weighted by molar-refractivity contribution is 7.92. The lowest BCUT2D eigenvalue weighted by Crippen LogP contribution is -2.31. The van der Waals surface area contributed by atoms with Crippen molar-refractivity contribution in [3.05, 3.63) is 54.6 Å². The van der Waals surface area contributed by atoms with Crippen LogP contribution in [0.3, 0.4) is 0 Å². The third kappa shape index (κ3) is 3.01. The van der Waals surface area contributed by atoms with Crippen LogP contribution in [-0.4, -0.2) is 22.1 Å². The van der Waals surface area contributed by atoms with Crippen molar-refractivity contribution in [3.63, 3.8) is 0 Å². The summed E-state index contributed by atoms with van der Waals surface area (Å²) in [6.45, 7) is -0.0718. The lowest BCUT2D eigenvalue weighted by Gasteiger charge is -2.24. The van der Waals surface area contributed by atoms with E-state index in [0.717, 1.165) is 0 Å². The zero-order valence-electron chi connectivity index (χ0n) is 11.6. The summed E-state index contributed by atoms with van der Waals surface area (Å²) < 4.78 is 31.9. The molecule has 2 aromatic rings. The quantitative estimate of drug-likeness (QED) is 0.797. The Labute approximate surface area is 125 Å². The minimum atomic E-state index is -3.74. The number of sulfonamides is 1. The van der Waals surface area contributed by atoms with E-state index in [9.17, 15) is 8.42 Å². The molecule has 0 saturated heterocycles. The molecule has 2 rings (SSSR count). The minimum Gasteiger partial charge on any atom is -0.495 e. The smallest absolute Gasteiger partial charge is 0.265 e. The van der Waals surface area contributed by atoms with Gasteiger partial charge in [0.25, 0.3) is 10.0 Å². The maximum atomic E-state index is 12.8. The van der Waals surface area contributed by atoms with Gasteiger partial charge in [-0.3, -0.25) is 4.31 Å². The van der Waals surface area contributed by atoms with Crippen molar-refractivity contribution < 1.29 is 13.2 Å². The second-order valence-corrected chi connectivity index (χ2v) is 6.06. The minimum absolute atomic E-state index is 0.0718. The number of para-hydroxylation sites is 2. The van der Waals surface area contributed by atoms with Crippen molar-refractivity contribution in [1.29, 1.82) is 0 Å². The first-order valence-corrected chi connectivity index (χ1v) is 7.69. The summed E-state index contributed by atoms with van der Waals surface area (Å²) in [5, 5.41) is 0. The van der Waals surface area contributed by atoms with E-state index in [-0.39, 0.29) is 11.4 Å². The molecule has 0 fully saturated rings. The number of nitrogens with zero attached hydrogens (tertiary/aromatic N) is 1. The molecule has 0 bridgehead atoms. The molecule has 0 unspecified atom stereocenters. The van der Waals surface area contributed by atoms with Gasteiger partial charge in [-0.2, -0.15) is 0 Å². The molecule has 0 radical (unpaired) electrons. The van der Waals surface area contributed by atoms with Gasteiger partial charge in [0.05, 0.1) is 24.2 Å². The van der Waals surface area contributed by atoms with Gasteiger partial charge in [0.15, 0.2) is 0 Å². The van der Waals surface area contributed by atoms with Gasteiger partial charge in [0.2, 0.25) is 0 Å². The molecule has 4 nitrogen and oxygen atoms in total. The van der Waals surface area contributed by atoms with Crippen LogP contribution < -0.4 is 9.04 Å². The summed E-state index contributed by atoms with van der Waals surface area (Å²) in [6, 6.07) is 15.0. The first kappa shape index (κ1) is 14.9. The van der Waals surface area contributed by atoms with Gasteiger partial charge in [0.1, 0.15) is 5.75 Å². The molecule has 0 aliphatic heterocycles. The zero-order valence-corrected chi connectivity index (χ0v) is 12.4. The number of benzene rings is 2. The Kier molecular flexibility index (Phi) is 4.51. The molecule has 2 aromatic carbocycles. The van der Waals surface area contributed by atoms with E-state index in [1.165, 1.54) is 23.5 Å². The van der Waals surface area contributed by atoms with Crippen LogP contribution >= 0.6 is 0 Å². The third-order valence-corrected chi connectivity index (χ3v) is 4.69. The van der Waals surface area contributed by atoms with Crippen LogP contribution in [0.1, 0.15) is 0 Å². The van der Waals surface area contributed by atoms with E-state index in [1.807, 2.05) is 0 Å². The average Bonchev–Trinajstić information content (AvgIpc) is 2.53. The normalized spacial score (nSPS) is 10.7. The van der Waals surface area contributed by atoms with Crippen molar-refractivity contribution in [1.82, 2.24) is 0 Å². The van der Waals surface area contributed by atoms with Gasteiger partial charge in [0, 0.05) is 0 Å². The molecule has 0 atom stereocenters. The molecular weight excluding hydrogens is 286 g/mol. The SMILES string of the molecule is C#CCN(c1ccccc1OC)S(=O)(=O)c1ccccc1. The lowest BCUT2D eigenvalue weighted by atomic mass is 10.3. The number of methoxy groups -OCH3 is 1. The van der Waals surface area contributed by atoms with Crippen LogP contribution in [-0.2, 0) is 10.0 Å². The Balaban J connectivity index is 2.57. The van der Waals surface area contributed by atoms with E-state index in [1.54, 1.807) is 42.5 Å². The highest BCUT2D eigenvalue weighted by Gasteiger charge is 2.26. The molecule has 0 spiro atoms. The summed E-state index contributed by atoms with van der Waals surface area (Å²) in [7, 11) is -2.25. The molecule has 21 heavy (non-hydrogen) atoms. The van der Waals surface area contributed by atoms with E-state index < -0.39 is 10.0 Å². The molecule has 5 heteroatoms. The first-order chi connectivity index (χ1) is 10.1. The van der Waals surface area contributed by atoms with Crippen LogP contribution in [0, 0.1) is 12.3 Å². The van der Waals surface area contributed by atoms with Crippen molar-refractivity contribution in [2.75, 3.05) is 18.0 Å². The first-order valence-electron chi connectivity index (χ1n) is 6.25. The lowest BCUT2D eigenvalue weighted by molar-refractivity contribution is 0.415. The van der Waals surface area contributed by atoms with E-state index in [4.69, 9.17) is 11.2 Å². The largest absolute Gasteiger partial charge is 0.495 e. The predicted molar refractivity (Wildman–Crippen MR) is 82.8 cm³/mol. The number of ether oxygens (including phenoxy) is 1. The van der Waals surface area contributed by atoms with Gasteiger partial charge in [-0.25, -0.2) is 8.42 Å². The summed E-state index contributed by atoms with van der Waals surface area (Å²) in [5.41, 5.74) is 0.418. The Hall–Kier alpha value is -2.45. The summed E-state index contributed by atoms with van der Waals surface area (Å²) in [6.07, 6.45) is 5.34. The fourth-order valence-electron chi connectivity index (χ4n) is 1.94. The Morgan fingerprint density at radius 2 is 1.71 bits per heavy atom. The molecule has 108 valence electrons. The van der Waals surface area contributed by atoms with Crippen molar-refractivity contribution in [2.45, 2.75) is 4.90 Å². The summed E-state index contributed by atoms with van der Waals surface area (Å²) in [4.78, 5) is 0.186. The van der Waals surface area contributed by atoms with Crippen molar-refractivity contribution in [2.24, 2.45) is 0 Å². The highest BCUT2D eigenvalue weighted by atomic mass is 32.2. The fourth-order valence-corrected chi connectivity index (χ4v) is 3.35. The van der Waals surface area contributed by atoms with Crippen molar-refractivity contribution >= 4 is 15.7 Å². The highest BCUT2D eigenvalue weighted by Crippen LogP contribution is 2.31. The molecule has 0 saturated carbocycles. The van der Waals surface area contributed by atoms with E-state index in [0.29, 0.717) is 11.4 Å². The van der Waals surface area contributed by atoms with Gasteiger partial charge < -0.3 is 4.74 Å². The Morgan fingerprint density at radius 3 is 2.33 bits per heavy atom. The summed E-state index contributed by atoms with van der Waals surface area (Å²) >= 11 is 0. The molecule has 0 aliphatic carbocycles. The number of terminal acetylenes is 1. The summed E-state index contributed by atoms with van der Waals surface area (Å²) in [5.74, 6) is 2.84. The maximum Gasteiger partial charge on any atom is 0.265 e. The zero-order chi connectivity index (χ0) is 15.3. The van der Waals surface area contributed by atoms with Crippen LogP contribution in [0.15, 0.2) is 59.5 Å². The standard InChI is InChI=1S/C16H15NO3S/c1-3-13-17(15-11-7-8-12-16(15)20-2)21(18,19)14-9-5-4-6-10-14/h1,4-12H,13H2,2H3. The second-order valence-electron chi connectivity index (χ2n) is 4.20. The molecule has 0 amide bonds. The van der Waals surface area contributed by atoms with Crippen LogP contribution in [0.4, 0.5) is 5.69 Å². The number of hydrogen-bond donors (Lipinski definition) is 0. The predicted octanol–water partition coefficient (Wildman–Crippen LogP) is 2.52. The van der Waals surface area contributed by atoms with Crippen LogP contribution in [0.5, 0.6) is 5.75 Å². The van der Waals surface area contributed by atoms with Gasteiger partial charge in [-0.05, 0) is 24.3 Å². The van der Waals surface area contributed by atoms with E-state index in [2.05, 4.69) is 5.92 Å². The van der Waals surface area contributed by atoms with Gasteiger partial charge >= 0.3 is 0 Å². The van der Waals surface area contributed by atoms with Gasteiger partial charge in [-0.15, -0.1) is 6.42 Å². The molecule has 0 N–H and O–H groups in total. The van der Waals surface area contributed by atoms with Crippen molar-refractivity contribution in [3.8, 4) is 18.1 Å². The van der Waals surface area contributed by atoms with E-state index >= 15 is 0 Å². The molecule has 0 heterocycles. The average molecular weight is 301 g/mol. The van der Waals surface area contributed by atoms with Crippen LogP contribution in [0.25, 0.3) is 0 Å². The second kappa shape index (κ2) is 6.33. The molecule has 0 aliphatic rings. The number of anilines is 1. The monoisotopic (exact) mass is 301 g/mol. The fraction of sp³-hybridized carbons (Fsp3) is 0.125. The number of hydrogen-bond acceptors (Lipinski definition) is 3.